The highest BCUT2D eigenvalue weighted by Crippen LogP contribution is 2.34. The van der Waals surface area contributed by atoms with Gasteiger partial charge in [-0.25, -0.2) is 4.39 Å². The molecule has 0 aliphatic heterocycles. The maximum atomic E-state index is 12.6. The topological polar surface area (TPSA) is 17.1 Å². The zero-order chi connectivity index (χ0) is 7.56. The summed E-state index contributed by atoms with van der Waals surface area (Å²) < 4.78 is 12.6. The fraction of sp³-hybridized carbons (Fsp3) is 0.875. The first-order chi connectivity index (χ1) is 4.75. The summed E-state index contributed by atoms with van der Waals surface area (Å²) in [5, 5.41) is 0. The van der Waals surface area contributed by atoms with Gasteiger partial charge in [-0.3, -0.25) is 0 Å². The highest BCUT2D eigenvalue weighted by molar-refractivity contribution is 5.55. The van der Waals surface area contributed by atoms with E-state index in [4.69, 9.17) is 0 Å². The lowest BCUT2D eigenvalue weighted by Crippen LogP contribution is -2.29. The molecule has 0 saturated heterocycles. The Morgan fingerprint density at radius 2 is 2.20 bits per heavy atom. The number of aldehydes is 1. The van der Waals surface area contributed by atoms with Gasteiger partial charge in [0.15, 0.2) is 0 Å². The Morgan fingerprint density at radius 3 is 2.30 bits per heavy atom. The zero-order valence-electron chi connectivity index (χ0n) is 6.22. The predicted octanol–water partition coefficient (Wildman–Crippen LogP) is 1.96. The molecule has 1 aliphatic carbocycles. The van der Waals surface area contributed by atoms with E-state index in [2.05, 4.69) is 0 Å². The second kappa shape index (κ2) is 3.13. The number of carbonyl (C=O) groups is 1. The predicted molar refractivity (Wildman–Crippen MR) is 37.5 cm³/mol. The van der Waals surface area contributed by atoms with Gasteiger partial charge in [0.25, 0.3) is 0 Å². The van der Waals surface area contributed by atoms with Crippen LogP contribution in [-0.4, -0.2) is 12.5 Å². The van der Waals surface area contributed by atoms with Crippen LogP contribution in [0, 0.1) is 11.8 Å². The van der Waals surface area contributed by atoms with E-state index in [0.29, 0.717) is 5.92 Å². The highest BCUT2D eigenvalue weighted by atomic mass is 19.1. The molecular formula is C8H13FO. The van der Waals surface area contributed by atoms with Crippen LogP contribution in [0.1, 0.15) is 26.2 Å². The fourth-order valence-corrected chi connectivity index (χ4v) is 1.42. The van der Waals surface area contributed by atoms with Crippen LogP contribution in [0.5, 0.6) is 0 Å². The van der Waals surface area contributed by atoms with Crippen LogP contribution >= 0.6 is 0 Å². The molecule has 1 aliphatic rings. The van der Waals surface area contributed by atoms with Crippen LogP contribution in [0.2, 0.25) is 0 Å². The van der Waals surface area contributed by atoms with Crippen LogP contribution in [0.4, 0.5) is 4.39 Å². The molecule has 0 bridgehead atoms. The second-order valence-corrected chi connectivity index (χ2v) is 3.08. The van der Waals surface area contributed by atoms with Crippen LogP contribution in [0.25, 0.3) is 0 Å². The summed E-state index contributed by atoms with van der Waals surface area (Å²) in [6.45, 7) is 1.47. The van der Waals surface area contributed by atoms with E-state index in [-0.39, 0.29) is 5.92 Å². The summed E-state index contributed by atoms with van der Waals surface area (Å²) in [7, 11) is 0. The first-order valence-corrected chi connectivity index (χ1v) is 3.85. The van der Waals surface area contributed by atoms with Gasteiger partial charge >= 0.3 is 0 Å². The molecule has 2 heteroatoms. The molecule has 0 amide bonds. The first kappa shape index (κ1) is 7.70. The standard InChI is InChI=1S/C8H13FO/c1-6(9)8(5-10)7-3-2-4-7/h5-8H,2-4H2,1H3. The summed E-state index contributed by atoms with van der Waals surface area (Å²) in [6.07, 6.45) is 3.06. The molecule has 10 heavy (non-hydrogen) atoms. The molecule has 1 rings (SSSR count). The number of rotatable bonds is 3. The lowest BCUT2D eigenvalue weighted by atomic mass is 9.75. The molecule has 0 N–H and O–H groups in total. The van der Waals surface area contributed by atoms with Gasteiger partial charge in [-0.15, -0.1) is 0 Å². The Balaban J connectivity index is 2.38. The molecule has 0 aromatic heterocycles. The van der Waals surface area contributed by atoms with Gasteiger partial charge in [-0.2, -0.15) is 0 Å². The van der Waals surface area contributed by atoms with E-state index >= 15 is 0 Å². The number of hydrogen-bond donors (Lipinski definition) is 0. The van der Waals surface area contributed by atoms with Gasteiger partial charge in [0, 0.05) is 5.92 Å². The van der Waals surface area contributed by atoms with Gasteiger partial charge in [-0.05, 0) is 25.7 Å². The second-order valence-electron chi connectivity index (χ2n) is 3.08. The molecular weight excluding hydrogens is 131 g/mol. The third kappa shape index (κ3) is 1.36. The zero-order valence-corrected chi connectivity index (χ0v) is 6.22. The van der Waals surface area contributed by atoms with Crippen molar-refractivity contribution in [2.24, 2.45) is 11.8 Å². The van der Waals surface area contributed by atoms with Gasteiger partial charge in [0.1, 0.15) is 12.5 Å². The summed E-state index contributed by atoms with van der Waals surface area (Å²) in [5.74, 6) is 0.0197. The minimum Gasteiger partial charge on any atom is -0.303 e. The Kier molecular flexibility index (Phi) is 2.41. The maximum Gasteiger partial charge on any atom is 0.126 e. The SMILES string of the molecule is CC(F)C(C=O)C1CCC1. The molecule has 1 saturated carbocycles. The van der Waals surface area contributed by atoms with Crippen LogP contribution < -0.4 is 0 Å². The van der Waals surface area contributed by atoms with Gasteiger partial charge in [0.05, 0.1) is 0 Å². The third-order valence-corrected chi connectivity index (χ3v) is 2.38. The van der Waals surface area contributed by atoms with E-state index < -0.39 is 6.17 Å². The van der Waals surface area contributed by atoms with Crippen molar-refractivity contribution in [1.29, 1.82) is 0 Å². The summed E-state index contributed by atoms with van der Waals surface area (Å²) >= 11 is 0. The quantitative estimate of drug-likeness (QED) is 0.553. The lowest BCUT2D eigenvalue weighted by molar-refractivity contribution is -0.115. The van der Waals surface area contributed by atoms with Crippen molar-refractivity contribution < 1.29 is 9.18 Å². The fourth-order valence-electron chi connectivity index (χ4n) is 1.42. The van der Waals surface area contributed by atoms with Crippen molar-refractivity contribution in [2.45, 2.75) is 32.4 Å². The molecule has 0 aromatic rings. The number of alkyl halides is 1. The molecule has 0 radical (unpaired) electrons. The van der Waals surface area contributed by atoms with Crippen molar-refractivity contribution in [1.82, 2.24) is 0 Å². The molecule has 0 spiro atoms. The van der Waals surface area contributed by atoms with Gasteiger partial charge < -0.3 is 4.79 Å². The summed E-state index contributed by atoms with van der Waals surface area (Å²) in [5.41, 5.74) is 0. The monoisotopic (exact) mass is 144 g/mol. The van der Waals surface area contributed by atoms with E-state index in [0.717, 1.165) is 19.1 Å². The Bertz CT molecular complexity index is 118. The largest absolute Gasteiger partial charge is 0.303 e. The minimum atomic E-state index is -0.956. The minimum absolute atomic E-state index is 0.325. The molecule has 58 valence electrons. The molecule has 0 aromatic carbocycles. The number of carbonyl (C=O) groups excluding carboxylic acids is 1. The van der Waals surface area contributed by atoms with Crippen molar-refractivity contribution in [3.8, 4) is 0 Å². The van der Waals surface area contributed by atoms with Gasteiger partial charge in [0.2, 0.25) is 0 Å². The molecule has 1 nitrogen and oxygen atoms in total. The first-order valence-electron chi connectivity index (χ1n) is 3.85. The van der Waals surface area contributed by atoms with Crippen molar-refractivity contribution in [2.75, 3.05) is 0 Å². The summed E-state index contributed by atoms with van der Waals surface area (Å²) in [4.78, 5) is 10.3. The molecule has 2 unspecified atom stereocenters. The van der Waals surface area contributed by atoms with Crippen LogP contribution in [-0.2, 0) is 4.79 Å². The molecule has 1 fully saturated rings. The van der Waals surface area contributed by atoms with E-state index in [1.807, 2.05) is 0 Å². The highest BCUT2D eigenvalue weighted by Gasteiger charge is 2.30. The Hall–Kier alpha value is -0.400. The normalized spacial score (nSPS) is 25.0. The van der Waals surface area contributed by atoms with E-state index in [1.54, 1.807) is 0 Å². The van der Waals surface area contributed by atoms with Crippen molar-refractivity contribution in [3.05, 3.63) is 0 Å². The average molecular weight is 144 g/mol. The molecule has 2 atom stereocenters. The Morgan fingerprint density at radius 1 is 1.60 bits per heavy atom. The smallest absolute Gasteiger partial charge is 0.126 e. The van der Waals surface area contributed by atoms with Crippen molar-refractivity contribution in [3.63, 3.8) is 0 Å². The number of hydrogen-bond acceptors (Lipinski definition) is 1. The van der Waals surface area contributed by atoms with Crippen LogP contribution in [0.3, 0.4) is 0 Å². The summed E-state index contributed by atoms with van der Waals surface area (Å²) in [6, 6.07) is 0. The van der Waals surface area contributed by atoms with E-state index in [9.17, 15) is 9.18 Å². The van der Waals surface area contributed by atoms with E-state index in [1.165, 1.54) is 13.3 Å². The third-order valence-electron chi connectivity index (χ3n) is 2.38. The maximum absolute atomic E-state index is 12.6. The molecule has 0 heterocycles. The van der Waals surface area contributed by atoms with Gasteiger partial charge in [-0.1, -0.05) is 6.42 Å². The van der Waals surface area contributed by atoms with Crippen molar-refractivity contribution >= 4 is 6.29 Å². The number of halogens is 1. The Labute approximate surface area is 60.6 Å². The lowest BCUT2D eigenvalue weighted by Gasteiger charge is -2.31. The van der Waals surface area contributed by atoms with Crippen LogP contribution in [0.15, 0.2) is 0 Å². The average Bonchev–Trinajstić information content (AvgIpc) is 1.76.